The quantitative estimate of drug-likeness (QED) is 0.731. The molecule has 0 fully saturated rings. The van der Waals surface area contributed by atoms with Crippen LogP contribution in [0.1, 0.15) is 6.92 Å². The van der Waals surface area contributed by atoms with Crippen molar-refractivity contribution in [2.24, 2.45) is 5.41 Å². The topological polar surface area (TPSA) is 57.5 Å². The molecular weight excluding hydrogens is 372 g/mol. The van der Waals surface area contributed by atoms with Crippen LogP contribution in [0.5, 0.6) is 0 Å². The maximum absolute atomic E-state index is 9.00. The highest BCUT2D eigenvalue weighted by atomic mass is 79.9. The molecule has 0 aromatic rings. The molecule has 0 unspecified atom stereocenters. The first-order chi connectivity index (χ1) is 5.97. The number of halogens is 3. The number of alkyl halides is 3. The minimum atomic E-state index is -0.833. The van der Waals surface area contributed by atoms with Crippen LogP contribution in [-0.2, 0) is 4.79 Å². The summed E-state index contributed by atoms with van der Waals surface area (Å²) in [5.74, 6) is -0.833. The highest BCUT2D eigenvalue weighted by Gasteiger charge is 2.25. The second-order valence-electron chi connectivity index (χ2n) is 2.58. The summed E-state index contributed by atoms with van der Waals surface area (Å²) >= 11 is 10.0. The minimum Gasteiger partial charge on any atom is -0.481 e. The number of rotatable bonds is 4. The number of carboxylic acid groups (broad SMARTS) is 1. The van der Waals surface area contributed by atoms with Gasteiger partial charge in [-0.15, -0.1) is 0 Å². The molecule has 0 atom stereocenters. The van der Waals surface area contributed by atoms with Crippen molar-refractivity contribution in [2.75, 3.05) is 22.6 Å². The normalized spacial score (nSPS) is 10.2. The summed E-state index contributed by atoms with van der Waals surface area (Å²) in [6.45, 7) is 1.29. The fourth-order valence-electron chi connectivity index (χ4n) is 0.234. The Morgan fingerprint density at radius 2 is 1.46 bits per heavy atom. The van der Waals surface area contributed by atoms with Crippen molar-refractivity contribution in [1.82, 2.24) is 0 Å². The monoisotopic (exact) mass is 382 g/mol. The standard InChI is InChI=1S/C5H9Br3O.C2H4O2/c6-1-5(2-7,3-8)4-9;1-2(3)4/h9H,1-4H2;1H3,(H,3,4). The van der Waals surface area contributed by atoms with Crippen LogP contribution in [0, 0.1) is 5.41 Å². The van der Waals surface area contributed by atoms with Gasteiger partial charge >= 0.3 is 0 Å². The van der Waals surface area contributed by atoms with Gasteiger partial charge in [-0.1, -0.05) is 47.8 Å². The molecule has 0 spiro atoms. The predicted octanol–water partition coefficient (Wildman–Crippen LogP) is 2.24. The van der Waals surface area contributed by atoms with Crippen molar-refractivity contribution < 1.29 is 15.0 Å². The van der Waals surface area contributed by atoms with Crippen LogP contribution in [-0.4, -0.2) is 38.8 Å². The van der Waals surface area contributed by atoms with Gasteiger partial charge in [-0.2, -0.15) is 0 Å². The third-order valence-corrected chi connectivity index (χ3v) is 4.75. The van der Waals surface area contributed by atoms with E-state index in [4.69, 9.17) is 15.0 Å². The number of aliphatic hydroxyl groups is 1. The smallest absolute Gasteiger partial charge is 0.300 e. The second kappa shape index (κ2) is 9.43. The lowest BCUT2D eigenvalue weighted by molar-refractivity contribution is -0.134. The van der Waals surface area contributed by atoms with E-state index < -0.39 is 5.97 Å². The Kier molecular flexibility index (Phi) is 11.8. The molecule has 0 aromatic carbocycles. The molecule has 0 saturated heterocycles. The fourth-order valence-corrected chi connectivity index (χ4v) is 3.55. The molecule has 0 aromatic heterocycles. The van der Waals surface area contributed by atoms with E-state index in [1.165, 1.54) is 0 Å². The van der Waals surface area contributed by atoms with E-state index in [-0.39, 0.29) is 12.0 Å². The minimum absolute atomic E-state index is 0.0278. The van der Waals surface area contributed by atoms with Crippen molar-refractivity contribution in [2.45, 2.75) is 6.92 Å². The van der Waals surface area contributed by atoms with Crippen molar-refractivity contribution in [3.8, 4) is 0 Å². The first-order valence-electron chi connectivity index (χ1n) is 3.46. The Balaban J connectivity index is 0. The van der Waals surface area contributed by atoms with Crippen LogP contribution in [0.3, 0.4) is 0 Å². The molecule has 0 aliphatic carbocycles. The molecule has 0 radical (unpaired) electrons. The molecule has 0 heterocycles. The Bertz CT molecular complexity index is 115. The molecule has 0 rings (SSSR count). The van der Waals surface area contributed by atoms with Crippen molar-refractivity contribution >= 4 is 53.8 Å². The Hall–Kier alpha value is 0.870. The molecule has 0 aliphatic heterocycles. The summed E-state index contributed by atoms with van der Waals surface area (Å²) in [6.07, 6.45) is 0. The van der Waals surface area contributed by atoms with Gasteiger partial charge in [-0.05, 0) is 0 Å². The summed E-state index contributed by atoms with van der Waals surface area (Å²) in [5, 5.41) is 18.7. The molecular formula is C7H13Br3O3. The Labute approximate surface area is 103 Å². The summed E-state index contributed by atoms with van der Waals surface area (Å²) < 4.78 is 0. The Morgan fingerprint density at radius 1 is 1.23 bits per heavy atom. The average Bonchev–Trinajstić information content (AvgIpc) is 2.09. The lowest BCUT2D eigenvalue weighted by Crippen LogP contribution is -2.30. The van der Waals surface area contributed by atoms with Crippen molar-refractivity contribution in [1.29, 1.82) is 0 Å². The van der Waals surface area contributed by atoms with E-state index in [1.807, 2.05) is 0 Å². The molecule has 0 amide bonds. The average molecular weight is 385 g/mol. The summed E-state index contributed by atoms with van der Waals surface area (Å²) in [4.78, 5) is 9.00. The summed E-state index contributed by atoms with van der Waals surface area (Å²) in [5.41, 5.74) is -0.0278. The number of hydrogen-bond acceptors (Lipinski definition) is 2. The van der Waals surface area contributed by atoms with Gasteiger partial charge in [0.05, 0.1) is 6.61 Å². The Morgan fingerprint density at radius 3 is 1.46 bits per heavy atom. The number of aliphatic carboxylic acids is 1. The molecule has 0 saturated carbocycles. The lowest BCUT2D eigenvalue weighted by Gasteiger charge is -2.23. The highest BCUT2D eigenvalue weighted by molar-refractivity contribution is 9.10. The number of carbonyl (C=O) groups is 1. The highest BCUT2D eigenvalue weighted by Crippen LogP contribution is 2.24. The molecule has 2 N–H and O–H groups in total. The number of hydrogen-bond donors (Lipinski definition) is 2. The molecule has 13 heavy (non-hydrogen) atoms. The van der Waals surface area contributed by atoms with E-state index >= 15 is 0 Å². The van der Waals surface area contributed by atoms with Crippen LogP contribution >= 0.6 is 47.8 Å². The SMILES string of the molecule is CC(=O)O.OCC(CBr)(CBr)CBr. The zero-order valence-corrected chi connectivity index (χ0v) is 12.0. The summed E-state index contributed by atoms with van der Waals surface area (Å²) in [6, 6.07) is 0. The van der Waals surface area contributed by atoms with Crippen LogP contribution in [0.25, 0.3) is 0 Å². The van der Waals surface area contributed by atoms with E-state index in [0.717, 1.165) is 22.9 Å². The van der Waals surface area contributed by atoms with Crippen molar-refractivity contribution in [3.05, 3.63) is 0 Å². The van der Waals surface area contributed by atoms with Crippen LogP contribution < -0.4 is 0 Å². The zero-order valence-electron chi connectivity index (χ0n) is 7.26. The molecule has 0 aliphatic rings. The van der Waals surface area contributed by atoms with E-state index in [2.05, 4.69) is 47.8 Å². The van der Waals surface area contributed by atoms with Gasteiger partial charge in [0.1, 0.15) is 0 Å². The van der Waals surface area contributed by atoms with Gasteiger partial charge in [0, 0.05) is 28.3 Å². The third-order valence-electron chi connectivity index (χ3n) is 1.19. The zero-order chi connectivity index (χ0) is 10.9. The fraction of sp³-hybridized carbons (Fsp3) is 0.857. The number of carboxylic acids is 1. The second-order valence-corrected chi connectivity index (χ2v) is 4.26. The maximum Gasteiger partial charge on any atom is 0.300 e. The van der Waals surface area contributed by atoms with Crippen LogP contribution in [0.4, 0.5) is 0 Å². The van der Waals surface area contributed by atoms with Crippen LogP contribution in [0.15, 0.2) is 0 Å². The van der Waals surface area contributed by atoms with Gasteiger partial charge < -0.3 is 10.2 Å². The summed E-state index contributed by atoms with van der Waals surface area (Å²) in [7, 11) is 0. The largest absolute Gasteiger partial charge is 0.481 e. The van der Waals surface area contributed by atoms with E-state index in [1.54, 1.807) is 0 Å². The first kappa shape index (κ1) is 16.3. The maximum atomic E-state index is 9.00. The van der Waals surface area contributed by atoms with Gasteiger partial charge in [0.25, 0.3) is 5.97 Å². The molecule has 3 nitrogen and oxygen atoms in total. The van der Waals surface area contributed by atoms with Crippen molar-refractivity contribution in [3.63, 3.8) is 0 Å². The molecule has 80 valence electrons. The van der Waals surface area contributed by atoms with E-state index in [9.17, 15) is 0 Å². The molecule has 0 bridgehead atoms. The van der Waals surface area contributed by atoms with Gasteiger partial charge in [-0.25, -0.2) is 0 Å². The van der Waals surface area contributed by atoms with Gasteiger partial charge in [-0.3, -0.25) is 4.79 Å². The van der Waals surface area contributed by atoms with Crippen LogP contribution in [0.2, 0.25) is 0 Å². The molecule has 6 heteroatoms. The van der Waals surface area contributed by atoms with E-state index in [0.29, 0.717) is 0 Å². The predicted molar refractivity (Wildman–Crippen MR) is 64.2 cm³/mol. The van der Waals surface area contributed by atoms with Gasteiger partial charge in [0.15, 0.2) is 0 Å². The first-order valence-corrected chi connectivity index (χ1v) is 6.82. The van der Waals surface area contributed by atoms with Gasteiger partial charge in [0.2, 0.25) is 0 Å². The third kappa shape index (κ3) is 9.18. The number of aliphatic hydroxyl groups excluding tert-OH is 1. The lowest BCUT2D eigenvalue weighted by atomic mass is 9.98.